The summed E-state index contributed by atoms with van der Waals surface area (Å²) in [5.74, 6) is 0.166. The molecule has 1 aromatic carbocycles. The fraction of sp³-hybridized carbons (Fsp3) is 0.588. The molecule has 1 unspecified atom stereocenters. The number of carbonyl (C=O) groups excluding carboxylic acids is 1. The van der Waals surface area contributed by atoms with E-state index in [1.807, 2.05) is 11.8 Å². The first-order chi connectivity index (χ1) is 9.99. The molecule has 1 heterocycles. The van der Waals surface area contributed by atoms with Gasteiger partial charge in [0.15, 0.2) is 0 Å². The van der Waals surface area contributed by atoms with Crippen molar-refractivity contribution < 1.29 is 9.53 Å². The highest BCUT2D eigenvalue weighted by molar-refractivity contribution is 5.81. The highest BCUT2D eigenvalue weighted by Gasteiger charge is 2.22. The molecule has 1 saturated heterocycles. The Balaban J connectivity index is 1.92. The average molecular weight is 290 g/mol. The zero-order valence-electron chi connectivity index (χ0n) is 13.5. The van der Waals surface area contributed by atoms with Crippen molar-refractivity contribution in [1.82, 2.24) is 10.2 Å². The van der Waals surface area contributed by atoms with Crippen LogP contribution in [0.1, 0.15) is 29.2 Å². The maximum atomic E-state index is 12.3. The number of carbonyl (C=O) groups is 1. The summed E-state index contributed by atoms with van der Waals surface area (Å²) in [6.07, 6.45) is 0. The third-order valence-electron chi connectivity index (χ3n) is 4.24. The number of hydrogen-bond donors (Lipinski definition) is 1. The van der Waals surface area contributed by atoms with Crippen LogP contribution in [0, 0.1) is 20.8 Å². The van der Waals surface area contributed by atoms with E-state index in [2.05, 4.69) is 38.2 Å². The molecule has 0 saturated carbocycles. The number of nitrogens with one attached hydrogen (secondary N) is 1. The Morgan fingerprint density at radius 2 is 1.81 bits per heavy atom. The molecule has 1 aromatic rings. The Hall–Kier alpha value is -1.39. The summed E-state index contributed by atoms with van der Waals surface area (Å²) in [4.78, 5) is 14.2. The van der Waals surface area contributed by atoms with Crippen LogP contribution in [-0.4, -0.2) is 43.2 Å². The predicted molar refractivity (Wildman–Crippen MR) is 84.4 cm³/mol. The lowest BCUT2D eigenvalue weighted by Crippen LogP contribution is -2.49. The van der Waals surface area contributed by atoms with Crippen LogP contribution in [0.3, 0.4) is 0 Å². The van der Waals surface area contributed by atoms with E-state index in [0.29, 0.717) is 26.3 Å². The van der Waals surface area contributed by atoms with E-state index in [9.17, 15) is 4.79 Å². The van der Waals surface area contributed by atoms with Gasteiger partial charge in [-0.25, -0.2) is 0 Å². The minimum absolute atomic E-state index is 0.163. The summed E-state index contributed by atoms with van der Waals surface area (Å²) in [5.41, 5.74) is 5.15. The molecular weight excluding hydrogens is 264 g/mol. The molecule has 4 nitrogen and oxygen atoms in total. The van der Waals surface area contributed by atoms with Crippen LogP contribution in [0.15, 0.2) is 12.1 Å². The Kier molecular flexibility index (Phi) is 5.37. The molecule has 0 spiro atoms. The number of benzene rings is 1. The average Bonchev–Trinajstić information content (AvgIpc) is 2.49. The van der Waals surface area contributed by atoms with E-state index in [1.165, 1.54) is 22.3 Å². The molecule has 1 N–H and O–H groups in total. The first kappa shape index (κ1) is 16.0. The molecule has 1 aliphatic heterocycles. The molecule has 1 aliphatic rings. The number of nitrogens with zero attached hydrogens (tertiary/aromatic N) is 1. The molecule has 4 heteroatoms. The van der Waals surface area contributed by atoms with Gasteiger partial charge in [-0.1, -0.05) is 12.1 Å². The van der Waals surface area contributed by atoms with Crippen molar-refractivity contribution in [3.8, 4) is 0 Å². The van der Waals surface area contributed by atoms with Gasteiger partial charge in [0.1, 0.15) is 0 Å². The van der Waals surface area contributed by atoms with Gasteiger partial charge in [-0.3, -0.25) is 4.79 Å². The zero-order chi connectivity index (χ0) is 15.4. The molecule has 116 valence electrons. The van der Waals surface area contributed by atoms with Gasteiger partial charge in [0.2, 0.25) is 5.91 Å². The molecular formula is C17H26N2O2. The lowest BCUT2D eigenvalue weighted by atomic mass is 10.0. The molecule has 1 fully saturated rings. The van der Waals surface area contributed by atoms with E-state index >= 15 is 0 Å². The number of aryl methyl sites for hydroxylation is 3. The molecule has 2 rings (SSSR count). The maximum Gasteiger partial charge on any atom is 0.239 e. The first-order valence-electron chi connectivity index (χ1n) is 7.65. The Morgan fingerprint density at radius 3 is 2.48 bits per heavy atom. The second kappa shape index (κ2) is 7.05. The monoisotopic (exact) mass is 290 g/mol. The largest absolute Gasteiger partial charge is 0.378 e. The number of amides is 1. The summed E-state index contributed by atoms with van der Waals surface area (Å²) in [7, 11) is 0. The molecule has 1 atom stereocenters. The van der Waals surface area contributed by atoms with Crippen molar-refractivity contribution in [1.29, 1.82) is 0 Å². The second-order valence-electron chi connectivity index (χ2n) is 5.90. The van der Waals surface area contributed by atoms with Crippen molar-refractivity contribution in [3.05, 3.63) is 34.4 Å². The third-order valence-corrected chi connectivity index (χ3v) is 4.24. The quantitative estimate of drug-likeness (QED) is 0.921. The molecule has 21 heavy (non-hydrogen) atoms. The van der Waals surface area contributed by atoms with Crippen molar-refractivity contribution in [2.45, 2.75) is 40.3 Å². The van der Waals surface area contributed by atoms with Gasteiger partial charge in [0.05, 0.1) is 19.3 Å². The summed E-state index contributed by atoms with van der Waals surface area (Å²) in [6.45, 7) is 11.7. The lowest BCUT2D eigenvalue weighted by molar-refractivity contribution is -0.137. The zero-order valence-corrected chi connectivity index (χ0v) is 13.5. The number of rotatable bonds is 4. The third kappa shape index (κ3) is 4.05. The smallest absolute Gasteiger partial charge is 0.239 e. The number of ether oxygens (including phenoxy) is 1. The molecule has 0 radical (unpaired) electrons. The van der Waals surface area contributed by atoms with Crippen LogP contribution in [0.4, 0.5) is 0 Å². The topological polar surface area (TPSA) is 41.6 Å². The minimum Gasteiger partial charge on any atom is -0.378 e. The van der Waals surface area contributed by atoms with E-state index in [-0.39, 0.29) is 11.9 Å². The van der Waals surface area contributed by atoms with Gasteiger partial charge in [0, 0.05) is 19.6 Å². The van der Waals surface area contributed by atoms with Crippen molar-refractivity contribution in [2.24, 2.45) is 0 Å². The van der Waals surface area contributed by atoms with Crippen molar-refractivity contribution in [2.75, 3.05) is 26.3 Å². The van der Waals surface area contributed by atoms with Gasteiger partial charge in [-0.15, -0.1) is 0 Å². The van der Waals surface area contributed by atoms with Crippen LogP contribution >= 0.6 is 0 Å². The standard InChI is InChI=1S/C17H26N2O2/c1-12-9-14(3)16(10-13(12)2)11-18-15(4)17(20)19-5-7-21-8-6-19/h9-10,15,18H,5-8,11H2,1-4H3. The van der Waals surface area contributed by atoms with Gasteiger partial charge < -0.3 is 15.0 Å². The van der Waals surface area contributed by atoms with Crippen molar-refractivity contribution >= 4 is 5.91 Å². The molecule has 1 amide bonds. The highest BCUT2D eigenvalue weighted by Crippen LogP contribution is 2.15. The van der Waals surface area contributed by atoms with Crippen LogP contribution < -0.4 is 5.32 Å². The van der Waals surface area contributed by atoms with Crippen LogP contribution in [0.5, 0.6) is 0 Å². The number of morpholine rings is 1. The Bertz CT molecular complexity index is 508. The second-order valence-corrected chi connectivity index (χ2v) is 5.90. The van der Waals surface area contributed by atoms with E-state index in [1.54, 1.807) is 0 Å². The van der Waals surface area contributed by atoms with Gasteiger partial charge in [0.25, 0.3) is 0 Å². The van der Waals surface area contributed by atoms with E-state index in [0.717, 1.165) is 6.54 Å². The van der Waals surface area contributed by atoms with Crippen LogP contribution in [0.25, 0.3) is 0 Å². The van der Waals surface area contributed by atoms with Gasteiger partial charge in [-0.05, 0) is 49.9 Å². The van der Waals surface area contributed by atoms with E-state index < -0.39 is 0 Å². The predicted octanol–water partition coefficient (Wildman–Crippen LogP) is 1.95. The van der Waals surface area contributed by atoms with Crippen molar-refractivity contribution in [3.63, 3.8) is 0 Å². The lowest BCUT2D eigenvalue weighted by Gasteiger charge is -2.29. The highest BCUT2D eigenvalue weighted by atomic mass is 16.5. The fourth-order valence-electron chi connectivity index (χ4n) is 2.62. The fourth-order valence-corrected chi connectivity index (χ4v) is 2.62. The summed E-state index contributed by atoms with van der Waals surface area (Å²) in [6, 6.07) is 4.26. The SMILES string of the molecule is Cc1cc(C)c(CNC(C)C(=O)N2CCOCC2)cc1C. The van der Waals surface area contributed by atoms with Crippen LogP contribution in [0.2, 0.25) is 0 Å². The minimum atomic E-state index is -0.163. The van der Waals surface area contributed by atoms with Crippen LogP contribution in [-0.2, 0) is 16.1 Å². The molecule has 0 bridgehead atoms. The Morgan fingerprint density at radius 1 is 1.19 bits per heavy atom. The summed E-state index contributed by atoms with van der Waals surface area (Å²) in [5, 5.41) is 3.35. The number of hydrogen-bond acceptors (Lipinski definition) is 3. The molecule has 0 aliphatic carbocycles. The maximum absolute atomic E-state index is 12.3. The first-order valence-corrected chi connectivity index (χ1v) is 7.65. The van der Waals surface area contributed by atoms with E-state index in [4.69, 9.17) is 4.74 Å². The van der Waals surface area contributed by atoms with Gasteiger partial charge >= 0.3 is 0 Å². The normalized spacial score (nSPS) is 16.9. The molecule has 0 aromatic heterocycles. The summed E-state index contributed by atoms with van der Waals surface area (Å²) >= 11 is 0. The summed E-state index contributed by atoms with van der Waals surface area (Å²) < 4.78 is 5.28. The Labute approximate surface area is 127 Å². The van der Waals surface area contributed by atoms with Gasteiger partial charge in [-0.2, -0.15) is 0 Å².